The van der Waals surface area contributed by atoms with Gasteiger partial charge >= 0.3 is 5.97 Å². The predicted octanol–water partition coefficient (Wildman–Crippen LogP) is 3.35. The molecule has 0 saturated carbocycles. The summed E-state index contributed by atoms with van der Waals surface area (Å²) in [6, 6.07) is 11.2. The van der Waals surface area contributed by atoms with E-state index in [0.29, 0.717) is 27.5 Å². The number of ether oxygens (including phenoxy) is 1. The predicted molar refractivity (Wildman–Crippen MR) is 86.2 cm³/mol. The second-order valence-electron chi connectivity index (χ2n) is 4.46. The van der Waals surface area contributed by atoms with Crippen LogP contribution in [0.5, 0.6) is 0 Å². The number of nitrogens with two attached hydrogens (primary N) is 1. The van der Waals surface area contributed by atoms with E-state index >= 15 is 0 Å². The Morgan fingerprint density at radius 3 is 2.64 bits per heavy atom. The standard InChI is InChI=1S/C16H15ClN2O3/c1-2-22-16(21)11-5-3-4-6-14(11)19-15(20)10-7-8-12(17)13(18)9-10/h3-9H,2,18H2,1H3,(H,19,20). The first-order valence-corrected chi connectivity index (χ1v) is 7.03. The van der Waals surface area contributed by atoms with Crippen LogP contribution in [-0.4, -0.2) is 18.5 Å². The molecule has 2 rings (SSSR count). The van der Waals surface area contributed by atoms with Gasteiger partial charge in [-0.2, -0.15) is 0 Å². The molecule has 6 heteroatoms. The molecule has 0 atom stereocenters. The van der Waals surface area contributed by atoms with E-state index in [1.165, 1.54) is 6.07 Å². The lowest BCUT2D eigenvalue weighted by Gasteiger charge is -2.10. The molecule has 1 amide bonds. The van der Waals surface area contributed by atoms with Gasteiger partial charge in [0, 0.05) is 5.56 Å². The van der Waals surface area contributed by atoms with Crippen molar-refractivity contribution in [3.05, 3.63) is 58.6 Å². The highest BCUT2D eigenvalue weighted by molar-refractivity contribution is 6.33. The fraction of sp³-hybridized carbons (Fsp3) is 0.125. The molecule has 0 saturated heterocycles. The summed E-state index contributed by atoms with van der Waals surface area (Å²) in [6.07, 6.45) is 0. The molecular weight excluding hydrogens is 304 g/mol. The summed E-state index contributed by atoms with van der Waals surface area (Å²) < 4.78 is 4.96. The van der Waals surface area contributed by atoms with E-state index < -0.39 is 5.97 Å². The summed E-state index contributed by atoms with van der Waals surface area (Å²) in [5, 5.41) is 3.05. The maximum atomic E-state index is 12.2. The molecule has 0 radical (unpaired) electrons. The van der Waals surface area contributed by atoms with Crippen molar-refractivity contribution < 1.29 is 14.3 Å². The van der Waals surface area contributed by atoms with E-state index in [2.05, 4.69) is 5.32 Å². The molecule has 5 nitrogen and oxygen atoms in total. The van der Waals surface area contributed by atoms with Crippen LogP contribution in [0.3, 0.4) is 0 Å². The molecule has 0 heterocycles. The summed E-state index contributed by atoms with van der Waals surface area (Å²) in [4.78, 5) is 24.1. The van der Waals surface area contributed by atoms with Crippen LogP contribution in [0.15, 0.2) is 42.5 Å². The molecule has 0 fully saturated rings. The monoisotopic (exact) mass is 318 g/mol. The summed E-state index contributed by atoms with van der Waals surface area (Å²) in [5.41, 5.74) is 7.01. The molecule has 0 aliphatic carbocycles. The molecule has 0 spiro atoms. The number of esters is 1. The first-order chi connectivity index (χ1) is 10.5. The third-order valence-electron chi connectivity index (χ3n) is 2.93. The third kappa shape index (κ3) is 3.56. The van der Waals surface area contributed by atoms with Crippen molar-refractivity contribution in [2.24, 2.45) is 0 Å². The topological polar surface area (TPSA) is 81.4 Å². The van der Waals surface area contributed by atoms with Gasteiger partial charge in [-0.05, 0) is 37.3 Å². The highest BCUT2D eigenvalue weighted by Crippen LogP contribution is 2.21. The van der Waals surface area contributed by atoms with Gasteiger partial charge in [-0.1, -0.05) is 23.7 Å². The number of anilines is 2. The van der Waals surface area contributed by atoms with Crippen LogP contribution >= 0.6 is 11.6 Å². The first-order valence-electron chi connectivity index (χ1n) is 6.65. The smallest absolute Gasteiger partial charge is 0.340 e. The zero-order valence-corrected chi connectivity index (χ0v) is 12.7. The number of nitrogens with one attached hydrogen (secondary N) is 1. The van der Waals surface area contributed by atoms with Crippen LogP contribution in [0.2, 0.25) is 5.02 Å². The van der Waals surface area contributed by atoms with Crippen molar-refractivity contribution in [2.45, 2.75) is 6.92 Å². The minimum absolute atomic E-state index is 0.259. The lowest BCUT2D eigenvalue weighted by atomic mass is 10.1. The van der Waals surface area contributed by atoms with Crippen LogP contribution in [-0.2, 0) is 4.74 Å². The first kappa shape index (κ1) is 15.9. The Morgan fingerprint density at radius 1 is 1.23 bits per heavy atom. The number of hydrogen-bond donors (Lipinski definition) is 2. The van der Waals surface area contributed by atoms with Crippen LogP contribution in [0, 0.1) is 0 Å². The molecule has 3 N–H and O–H groups in total. The van der Waals surface area contributed by atoms with E-state index in [1.807, 2.05) is 0 Å². The second kappa shape index (κ2) is 6.95. The lowest BCUT2D eigenvalue weighted by Crippen LogP contribution is -2.16. The minimum Gasteiger partial charge on any atom is -0.462 e. The van der Waals surface area contributed by atoms with Crippen molar-refractivity contribution >= 4 is 34.9 Å². The Balaban J connectivity index is 2.25. The van der Waals surface area contributed by atoms with E-state index in [9.17, 15) is 9.59 Å². The summed E-state index contributed by atoms with van der Waals surface area (Å²) in [6.45, 7) is 1.98. The van der Waals surface area contributed by atoms with Gasteiger partial charge in [0.05, 0.1) is 28.6 Å². The van der Waals surface area contributed by atoms with E-state index in [-0.39, 0.29) is 12.5 Å². The number of para-hydroxylation sites is 1. The van der Waals surface area contributed by atoms with Crippen molar-refractivity contribution in [3.8, 4) is 0 Å². The molecule has 2 aromatic rings. The molecule has 0 aliphatic heterocycles. The molecule has 2 aromatic carbocycles. The number of carbonyl (C=O) groups is 2. The van der Waals surface area contributed by atoms with Gasteiger partial charge in [0.2, 0.25) is 0 Å². The molecule has 0 aliphatic rings. The van der Waals surface area contributed by atoms with Crippen molar-refractivity contribution in [1.82, 2.24) is 0 Å². The van der Waals surface area contributed by atoms with Gasteiger partial charge in [0.15, 0.2) is 0 Å². The maximum Gasteiger partial charge on any atom is 0.340 e. The van der Waals surface area contributed by atoms with E-state index in [4.69, 9.17) is 22.1 Å². The van der Waals surface area contributed by atoms with Gasteiger partial charge in [-0.25, -0.2) is 4.79 Å². The number of halogens is 1. The molecule has 0 aromatic heterocycles. The lowest BCUT2D eigenvalue weighted by molar-refractivity contribution is 0.0527. The Labute approximate surface area is 133 Å². The van der Waals surface area contributed by atoms with Crippen LogP contribution in [0.1, 0.15) is 27.6 Å². The molecular formula is C16H15ClN2O3. The number of benzene rings is 2. The van der Waals surface area contributed by atoms with Crippen LogP contribution in [0.4, 0.5) is 11.4 Å². The average Bonchev–Trinajstić information content (AvgIpc) is 2.50. The van der Waals surface area contributed by atoms with Gasteiger partial charge in [-0.15, -0.1) is 0 Å². The minimum atomic E-state index is -0.492. The average molecular weight is 319 g/mol. The number of rotatable bonds is 4. The van der Waals surface area contributed by atoms with E-state index in [1.54, 1.807) is 43.3 Å². The largest absolute Gasteiger partial charge is 0.462 e. The zero-order chi connectivity index (χ0) is 16.1. The van der Waals surface area contributed by atoms with Crippen LogP contribution in [0.25, 0.3) is 0 Å². The third-order valence-corrected chi connectivity index (χ3v) is 3.27. The summed E-state index contributed by atoms with van der Waals surface area (Å²) in [5.74, 6) is -0.880. The normalized spacial score (nSPS) is 10.1. The number of nitrogen functional groups attached to an aromatic ring is 1. The molecule has 0 bridgehead atoms. The van der Waals surface area contributed by atoms with Crippen molar-refractivity contribution in [3.63, 3.8) is 0 Å². The second-order valence-corrected chi connectivity index (χ2v) is 4.86. The Kier molecular flexibility index (Phi) is 5.01. The fourth-order valence-electron chi connectivity index (χ4n) is 1.86. The highest BCUT2D eigenvalue weighted by Gasteiger charge is 2.15. The Bertz CT molecular complexity index is 716. The summed E-state index contributed by atoms with van der Waals surface area (Å²) in [7, 11) is 0. The van der Waals surface area contributed by atoms with Crippen LogP contribution < -0.4 is 11.1 Å². The van der Waals surface area contributed by atoms with Gasteiger partial charge in [0.25, 0.3) is 5.91 Å². The van der Waals surface area contributed by atoms with Gasteiger partial charge in [0.1, 0.15) is 0 Å². The molecule has 22 heavy (non-hydrogen) atoms. The number of carbonyl (C=O) groups excluding carboxylic acids is 2. The van der Waals surface area contributed by atoms with Gasteiger partial charge < -0.3 is 15.8 Å². The summed E-state index contributed by atoms with van der Waals surface area (Å²) >= 11 is 5.83. The Morgan fingerprint density at radius 2 is 1.95 bits per heavy atom. The SMILES string of the molecule is CCOC(=O)c1ccccc1NC(=O)c1ccc(Cl)c(N)c1. The fourth-order valence-corrected chi connectivity index (χ4v) is 1.98. The highest BCUT2D eigenvalue weighted by atomic mass is 35.5. The Hall–Kier alpha value is -2.53. The maximum absolute atomic E-state index is 12.2. The zero-order valence-electron chi connectivity index (χ0n) is 11.9. The van der Waals surface area contributed by atoms with E-state index in [0.717, 1.165) is 0 Å². The number of hydrogen-bond acceptors (Lipinski definition) is 4. The van der Waals surface area contributed by atoms with Crippen molar-refractivity contribution in [1.29, 1.82) is 0 Å². The quantitative estimate of drug-likeness (QED) is 0.669. The molecule has 114 valence electrons. The number of amides is 1. The molecule has 0 unspecified atom stereocenters. The van der Waals surface area contributed by atoms with Crippen molar-refractivity contribution in [2.75, 3.05) is 17.7 Å². The van der Waals surface area contributed by atoms with Gasteiger partial charge in [-0.3, -0.25) is 4.79 Å².